The zero-order valence-electron chi connectivity index (χ0n) is 3.89. The van der Waals surface area contributed by atoms with E-state index in [1.165, 1.54) is 0 Å². The van der Waals surface area contributed by atoms with Crippen molar-refractivity contribution in [1.82, 2.24) is 0 Å². The van der Waals surface area contributed by atoms with E-state index in [4.69, 9.17) is 0 Å². The molecule has 0 spiro atoms. The van der Waals surface area contributed by atoms with Crippen molar-refractivity contribution in [1.29, 1.82) is 0 Å². The molecule has 0 aliphatic carbocycles. The van der Waals surface area contributed by atoms with Crippen molar-refractivity contribution in [2.24, 2.45) is 0 Å². The first kappa shape index (κ1) is 3.59. The normalized spacial score (nSPS) is 18.5. The van der Waals surface area contributed by atoms with Crippen LogP contribution in [-0.2, 0) is 0 Å². The van der Waals surface area contributed by atoms with Gasteiger partial charge in [0, 0.05) is 6.42 Å². The molecular weight excluding hydrogens is 74.1 g/mol. The molecule has 0 saturated heterocycles. The van der Waals surface area contributed by atoms with Gasteiger partial charge in [0.1, 0.15) is 13.3 Å². The molecule has 6 heavy (non-hydrogen) atoms. The lowest BCUT2D eigenvalue weighted by atomic mass is 10.5. The highest BCUT2D eigenvalue weighted by atomic mass is 14.9. The molecule has 1 heterocycles. The summed E-state index contributed by atoms with van der Waals surface area (Å²) >= 11 is 0. The Bertz CT molecular complexity index is 97.8. The van der Waals surface area contributed by atoms with E-state index in [-0.39, 0.29) is 0 Å². The number of allylic oxidation sites excluding steroid dienone is 1. The Morgan fingerprint density at radius 3 is 2.67 bits per heavy atom. The lowest BCUT2D eigenvalue weighted by Crippen LogP contribution is -1.88. The van der Waals surface area contributed by atoms with Gasteiger partial charge in [-0.1, -0.05) is 0 Å². The summed E-state index contributed by atoms with van der Waals surface area (Å²) in [6.45, 7) is 0. The maximum Gasteiger partial charge on any atom is 0.164 e. The zero-order chi connectivity index (χ0) is 4.41. The van der Waals surface area contributed by atoms with Crippen molar-refractivity contribution >= 4 is 6.21 Å². The molecule has 0 N–H and O–H groups in total. The lowest BCUT2D eigenvalue weighted by Gasteiger charge is -1.69. The van der Waals surface area contributed by atoms with Gasteiger partial charge in [0.15, 0.2) is 6.20 Å². The molecule has 1 heteroatoms. The van der Waals surface area contributed by atoms with Crippen molar-refractivity contribution in [3.8, 4) is 0 Å². The van der Waals surface area contributed by atoms with Gasteiger partial charge >= 0.3 is 0 Å². The predicted molar refractivity (Wildman–Crippen MR) is 26.0 cm³/mol. The van der Waals surface area contributed by atoms with Gasteiger partial charge in [-0.2, -0.15) is 0 Å². The van der Waals surface area contributed by atoms with Crippen LogP contribution < -0.4 is 0 Å². The molecule has 0 aromatic heterocycles. The third-order valence-electron chi connectivity index (χ3n) is 0.870. The molecule has 0 radical (unpaired) electrons. The van der Waals surface area contributed by atoms with Gasteiger partial charge in [0.25, 0.3) is 0 Å². The van der Waals surface area contributed by atoms with Crippen LogP contribution in [0.25, 0.3) is 0 Å². The summed E-state index contributed by atoms with van der Waals surface area (Å²) in [4.78, 5) is 0. The Kier molecular flexibility index (Phi) is 0.748. The van der Waals surface area contributed by atoms with E-state index in [9.17, 15) is 0 Å². The molecule has 0 unspecified atom stereocenters. The van der Waals surface area contributed by atoms with Crippen LogP contribution in [0, 0.1) is 0 Å². The predicted octanol–water partition coefficient (Wildman–Crippen LogP) is 0.617. The van der Waals surface area contributed by atoms with Crippen molar-refractivity contribution in [3.63, 3.8) is 0 Å². The minimum absolute atomic E-state index is 1.11. The van der Waals surface area contributed by atoms with Gasteiger partial charge in [0.2, 0.25) is 0 Å². The Labute approximate surface area is 37.6 Å². The number of rotatable bonds is 0. The van der Waals surface area contributed by atoms with Gasteiger partial charge in [0.05, 0.1) is 0 Å². The first-order chi connectivity index (χ1) is 2.89. The second-order valence-electron chi connectivity index (χ2n) is 1.47. The van der Waals surface area contributed by atoms with E-state index >= 15 is 0 Å². The highest BCUT2D eigenvalue weighted by molar-refractivity contribution is 5.55. The highest BCUT2D eigenvalue weighted by Gasteiger charge is 1.92. The summed E-state index contributed by atoms with van der Waals surface area (Å²) in [5.41, 5.74) is 0. The smallest absolute Gasteiger partial charge is 0.164 e. The van der Waals surface area contributed by atoms with Gasteiger partial charge in [-0.05, 0) is 6.08 Å². The maximum absolute atomic E-state index is 2.12. The minimum atomic E-state index is 1.11. The van der Waals surface area contributed by atoms with Gasteiger partial charge in [-0.25, -0.2) is 4.58 Å². The number of hydrogen-bond acceptors (Lipinski definition) is 0. The maximum atomic E-state index is 2.12. The molecule has 1 nitrogen and oxygen atoms in total. The molecule has 0 fully saturated rings. The topological polar surface area (TPSA) is 3.01 Å². The van der Waals surface area contributed by atoms with Crippen molar-refractivity contribution in [2.75, 3.05) is 7.05 Å². The number of hydrogen-bond donors (Lipinski definition) is 0. The largest absolute Gasteiger partial charge is 0.212 e. The molecular formula is C5H8N+. The van der Waals surface area contributed by atoms with Crippen LogP contribution in [0.15, 0.2) is 12.3 Å². The molecule has 0 atom stereocenters. The van der Waals surface area contributed by atoms with Crippen LogP contribution in [0.2, 0.25) is 0 Å². The first-order valence-corrected chi connectivity index (χ1v) is 2.11. The van der Waals surface area contributed by atoms with Crippen molar-refractivity contribution < 1.29 is 4.58 Å². The van der Waals surface area contributed by atoms with Crippen LogP contribution in [0.5, 0.6) is 0 Å². The molecule has 0 saturated carbocycles. The zero-order valence-corrected chi connectivity index (χ0v) is 3.89. The van der Waals surface area contributed by atoms with Crippen LogP contribution in [0.3, 0.4) is 0 Å². The van der Waals surface area contributed by atoms with E-state index < -0.39 is 0 Å². The van der Waals surface area contributed by atoms with Crippen molar-refractivity contribution in [2.45, 2.75) is 6.42 Å². The summed E-state index contributed by atoms with van der Waals surface area (Å²) in [5, 5.41) is 0. The summed E-state index contributed by atoms with van der Waals surface area (Å²) in [6.07, 6.45) is 7.41. The molecule has 1 aliphatic rings. The van der Waals surface area contributed by atoms with Crippen LogP contribution in [0.1, 0.15) is 6.42 Å². The van der Waals surface area contributed by atoms with Gasteiger partial charge in [-0.15, -0.1) is 0 Å². The molecule has 0 amide bonds. The third-order valence-corrected chi connectivity index (χ3v) is 0.870. The second-order valence-corrected chi connectivity index (χ2v) is 1.47. The van der Waals surface area contributed by atoms with Crippen molar-refractivity contribution in [3.05, 3.63) is 12.3 Å². The average molecular weight is 82.1 g/mol. The first-order valence-electron chi connectivity index (χ1n) is 2.11. The fraction of sp³-hybridized carbons (Fsp3) is 0.400. The average Bonchev–Trinajstić information content (AvgIpc) is 1.86. The molecule has 1 aliphatic heterocycles. The summed E-state index contributed by atoms with van der Waals surface area (Å²) < 4.78 is 2.06. The molecule has 0 bridgehead atoms. The fourth-order valence-electron chi connectivity index (χ4n) is 0.515. The summed E-state index contributed by atoms with van der Waals surface area (Å²) in [6, 6.07) is 0. The Hall–Kier alpha value is -0.590. The third kappa shape index (κ3) is 0.482. The number of nitrogens with zero attached hydrogens (tertiary/aromatic N) is 1. The van der Waals surface area contributed by atoms with E-state index in [1.54, 1.807) is 0 Å². The highest BCUT2D eigenvalue weighted by Crippen LogP contribution is 1.85. The fourth-order valence-corrected chi connectivity index (χ4v) is 0.515. The molecule has 0 aromatic carbocycles. The van der Waals surface area contributed by atoms with E-state index in [0.29, 0.717) is 0 Å². The SMILES string of the molecule is C[N+]1=CCC=C1. The van der Waals surface area contributed by atoms with Crippen LogP contribution in [0.4, 0.5) is 0 Å². The molecule has 0 aromatic rings. The Morgan fingerprint density at radius 1 is 1.67 bits per heavy atom. The minimum Gasteiger partial charge on any atom is -0.212 e. The monoisotopic (exact) mass is 82.1 g/mol. The molecule has 1 rings (SSSR count). The van der Waals surface area contributed by atoms with E-state index in [0.717, 1.165) is 6.42 Å². The Balaban J connectivity index is 2.68. The Morgan fingerprint density at radius 2 is 2.50 bits per heavy atom. The second kappa shape index (κ2) is 1.25. The summed E-state index contributed by atoms with van der Waals surface area (Å²) in [5.74, 6) is 0. The molecule has 32 valence electrons. The van der Waals surface area contributed by atoms with Gasteiger partial charge in [-0.3, -0.25) is 0 Å². The van der Waals surface area contributed by atoms with Crippen LogP contribution in [-0.4, -0.2) is 17.8 Å². The lowest BCUT2D eigenvalue weighted by molar-refractivity contribution is -0.413. The van der Waals surface area contributed by atoms with E-state index in [2.05, 4.69) is 23.1 Å². The quantitative estimate of drug-likeness (QED) is 0.377. The van der Waals surface area contributed by atoms with E-state index in [1.807, 2.05) is 7.05 Å². The van der Waals surface area contributed by atoms with Crippen LogP contribution >= 0.6 is 0 Å². The standard InChI is InChI=1S/C5H8N/c1-6-4-2-3-5-6/h2,4-5H,3H2,1H3/q+1. The van der Waals surface area contributed by atoms with Gasteiger partial charge < -0.3 is 0 Å². The summed E-state index contributed by atoms with van der Waals surface area (Å²) in [7, 11) is 2.03.